The van der Waals surface area contributed by atoms with E-state index in [1.807, 2.05) is 12.1 Å². The summed E-state index contributed by atoms with van der Waals surface area (Å²) in [7, 11) is 0. The summed E-state index contributed by atoms with van der Waals surface area (Å²) in [6, 6.07) is 10.1. The van der Waals surface area contributed by atoms with Gasteiger partial charge in [-0.2, -0.15) is 0 Å². The summed E-state index contributed by atoms with van der Waals surface area (Å²) in [6.45, 7) is 6.57. The van der Waals surface area contributed by atoms with E-state index in [1.165, 1.54) is 11.1 Å². The molecule has 3 heteroatoms. The topological polar surface area (TPSA) is 32.9 Å². The summed E-state index contributed by atoms with van der Waals surface area (Å²) in [5, 5.41) is 0.857. The second kappa shape index (κ2) is 7.64. The Hall–Kier alpha value is -1.54. The fraction of sp³-hybridized carbons (Fsp3) is 0.421. The third-order valence-electron chi connectivity index (χ3n) is 3.80. The van der Waals surface area contributed by atoms with Gasteiger partial charge in [0.2, 0.25) is 0 Å². The summed E-state index contributed by atoms with van der Waals surface area (Å²) in [4.78, 5) is 14.5. The van der Waals surface area contributed by atoms with E-state index in [2.05, 4.69) is 44.0 Å². The largest absolute Gasteiger partial charge is 0.329 e. The van der Waals surface area contributed by atoms with Crippen LogP contribution in [0.2, 0.25) is 5.02 Å². The highest BCUT2D eigenvalue weighted by Crippen LogP contribution is 2.23. The molecule has 1 aromatic heterocycles. The Morgan fingerprint density at radius 3 is 2.45 bits per heavy atom. The molecule has 2 aromatic rings. The molecular weight excluding hydrogens is 294 g/mol. The minimum atomic E-state index is 0.0136. The van der Waals surface area contributed by atoms with Crippen molar-refractivity contribution in [1.82, 2.24) is 4.98 Å². The second-order valence-electron chi connectivity index (χ2n) is 6.56. The van der Waals surface area contributed by atoms with Crippen molar-refractivity contribution >= 4 is 11.6 Å². The van der Waals surface area contributed by atoms with Crippen molar-refractivity contribution in [2.45, 2.75) is 40.0 Å². The zero-order valence-electron chi connectivity index (χ0n) is 13.5. The molecule has 0 aliphatic heterocycles. The highest BCUT2D eigenvalue weighted by Gasteiger charge is 2.10. The lowest BCUT2D eigenvalue weighted by Gasteiger charge is -2.13. The lowest BCUT2D eigenvalue weighted by molar-refractivity contribution is 0.573. The van der Waals surface area contributed by atoms with Crippen LogP contribution in [0.15, 0.2) is 41.3 Å². The van der Waals surface area contributed by atoms with Crippen molar-refractivity contribution in [2.75, 3.05) is 0 Å². The molecule has 0 saturated heterocycles. The molecule has 1 unspecified atom stereocenters. The fourth-order valence-electron chi connectivity index (χ4n) is 2.79. The third kappa shape index (κ3) is 4.74. The number of benzene rings is 1. The molecule has 0 amide bonds. The smallest absolute Gasteiger partial charge is 0.251 e. The average molecular weight is 318 g/mol. The summed E-state index contributed by atoms with van der Waals surface area (Å²) >= 11 is 6.39. The van der Waals surface area contributed by atoms with Gasteiger partial charge in [-0.3, -0.25) is 4.79 Å². The first-order chi connectivity index (χ1) is 10.5. The number of nitrogens with one attached hydrogen (secondary N) is 1. The predicted octanol–water partition coefficient (Wildman–Crippen LogP) is 4.65. The molecule has 1 heterocycles. The maximum Gasteiger partial charge on any atom is 0.251 e. The van der Waals surface area contributed by atoms with E-state index >= 15 is 0 Å². The SMILES string of the molecule is CC(C)Cc1ccc(CC(C)Cc2ccc[nH]c2=O)cc1Cl. The van der Waals surface area contributed by atoms with Crippen molar-refractivity contribution in [3.8, 4) is 0 Å². The van der Waals surface area contributed by atoms with Crippen LogP contribution in [0.5, 0.6) is 0 Å². The van der Waals surface area contributed by atoms with Gasteiger partial charge in [0.25, 0.3) is 5.56 Å². The first-order valence-electron chi connectivity index (χ1n) is 7.89. The second-order valence-corrected chi connectivity index (χ2v) is 6.97. The Morgan fingerprint density at radius 2 is 1.82 bits per heavy atom. The Kier molecular flexibility index (Phi) is 5.84. The van der Waals surface area contributed by atoms with Crippen LogP contribution in [0, 0.1) is 11.8 Å². The van der Waals surface area contributed by atoms with Crippen molar-refractivity contribution in [3.05, 3.63) is 68.6 Å². The lowest BCUT2D eigenvalue weighted by Crippen LogP contribution is -2.15. The maximum absolute atomic E-state index is 11.7. The molecule has 0 aliphatic carbocycles. The summed E-state index contributed by atoms with van der Waals surface area (Å²) in [5.74, 6) is 1.00. The van der Waals surface area contributed by atoms with Gasteiger partial charge in [-0.05, 0) is 54.4 Å². The first-order valence-corrected chi connectivity index (χ1v) is 8.27. The molecule has 0 bridgehead atoms. The highest BCUT2D eigenvalue weighted by molar-refractivity contribution is 6.31. The molecule has 22 heavy (non-hydrogen) atoms. The summed E-state index contributed by atoms with van der Waals surface area (Å²) in [6.07, 6.45) is 4.38. The monoisotopic (exact) mass is 317 g/mol. The Labute approximate surface area is 137 Å². The van der Waals surface area contributed by atoms with Crippen LogP contribution in [-0.4, -0.2) is 4.98 Å². The van der Waals surface area contributed by atoms with E-state index in [9.17, 15) is 4.79 Å². The average Bonchev–Trinajstić information content (AvgIpc) is 2.44. The van der Waals surface area contributed by atoms with Crippen molar-refractivity contribution < 1.29 is 0 Å². The molecular formula is C19H24ClNO. The molecule has 118 valence electrons. The Balaban J connectivity index is 2.03. The van der Waals surface area contributed by atoms with Gasteiger partial charge in [-0.1, -0.05) is 50.6 Å². The molecule has 1 aromatic carbocycles. The van der Waals surface area contributed by atoms with Crippen LogP contribution in [0.1, 0.15) is 37.5 Å². The molecule has 0 aliphatic rings. The van der Waals surface area contributed by atoms with Crippen molar-refractivity contribution in [2.24, 2.45) is 11.8 Å². The fourth-order valence-corrected chi connectivity index (χ4v) is 3.07. The number of pyridine rings is 1. The van der Waals surface area contributed by atoms with E-state index in [0.717, 1.165) is 29.8 Å². The van der Waals surface area contributed by atoms with Gasteiger partial charge >= 0.3 is 0 Å². The van der Waals surface area contributed by atoms with Gasteiger partial charge in [0.05, 0.1) is 0 Å². The van der Waals surface area contributed by atoms with Crippen molar-refractivity contribution in [3.63, 3.8) is 0 Å². The number of H-pyrrole nitrogens is 1. The lowest BCUT2D eigenvalue weighted by atomic mass is 9.93. The highest BCUT2D eigenvalue weighted by atomic mass is 35.5. The van der Waals surface area contributed by atoms with Gasteiger partial charge in [0.1, 0.15) is 0 Å². The molecule has 2 rings (SSSR count). The van der Waals surface area contributed by atoms with E-state index < -0.39 is 0 Å². The Morgan fingerprint density at radius 1 is 1.05 bits per heavy atom. The van der Waals surface area contributed by atoms with Crippen LogP contribution in [0.25, 0.3) is 0 Å². The molecule has 0 spiro atoms. The number of rotatable bonds is 6. The van der Waals surface area contributed by atoms with E-state index in [-0.39, 0.29) is 5.56 Å². The number of aromatic nitrogens is 1. The van der Waals surface area contributed by atoms with Crippen LogP contribution in [0.3, 0.4) is 0 Å². The number of aromatic amines is 1. The molecule has 2 nitrogen and oxygen atoms in total. The van der Waals surface area contributed by atoms with Crippen LogP contribution >= 0.6 is 11.6 Å². The van der Waals surface area contributed by atoms with Crippen LogP contribution < -0.4 is 5.56 Å². The normalized spacial score (nSPS) is 12.6. The predicted molar refractivity (Wildman–Crippen MR) is 93.6 cm³/mol. The molecule has 0 radical (unpaired) electrons. The summed E-state index contributed by atoms with van der Waals surface area (Å²) in [5.41, 5.74) is 3.31. The first kappa shape index (κ1) is 16.8. The van der Waals surface area contributed by atoms with E-state index in [4.69, 9.17) is 11.6 Å². The number of hydrogen-bond acceptors (Lipinski definition) is 1. The minimum absolute atomic E-state index is 0.0136. The van der Waals surface area contributed by atoms with Gasteiger partial charge in [-0.15, -0.1) is 0 Å². The van der Waals surface area contributed by atoms with Crippen LogP contribution in [0.4, 0.5) is 0 Å². The van der Waals surface area contributed by atoms with Gasteiger partial charge in [0.15, 0.2) is 0 Å². The molecule has 0 saturated carbocycles. The standard InChI is InChI=1S/C19H24ClNO/c1-13(2)9-16-7-6-15(12-18(16)20)10-14(3)11-17-5-4-8-21-19(17)22/h4-8,12-14H,9-11H2,1-3H3,(H,21,22). The number of hydrogen-bond donors (Lipinski definition) is 1. The molecule has 0 fully saturated rings. The van der Waals surface area contributed by atoms with Gasteiger partial charge in [0, 0.05) is 16.8 Å². The van der Waals surface area contributed by atoms with E-state index in [0.29, 0.717) is 11.8 Å². The number of halogens is 1. The zero-order chi connectivity index (χ0) is 16.1. The minimum Gasteiger partial charge on any atom is -0.329 e. The summed E-state index contributed by atoms with van der Waals surface area (Å²) < 4.78 is 0. The van der Waals surface area contributed by atoms with Gasteiger partial charge in [-0.25, -0.2) is 0 Å². The van der Waals surface area contributed by atoms with Crippen LogP contribution in [-0.2, 0) is 19.3 Å². The molecule has 1 N–H and O–H groups in total. The molecule has 1 atom stereocenters. The maximum atomic E-state index is 11.7. The quantitative estimate of drug-likeness (QED) is 0.826. The van der Waals surface area contributed by atoms with Gasteiger partial charge < -0.3 is 4.98 Å². The van der Waals surface area contributed by atoms with E-state index in [1.54, 1.807) is 6.20 Å². The zero-order valence-corrected chi connectivity index (χ0v) is 14.3. The van der Waals surface area contributed by atoms with Crippen molar-refractivity contribution in [1.29, 1.82) is 0 Å². The third-order valence-corrected chi connectivity index (χ3v) is 4.15. The Bertz CT molecular complexity index is 675.